The lowest BCUT2D eigenvalue weighted by molar-refractivity contribution is -0.386. The van der Waals surface area contributed by atoms with Crippen molar-refractivity contribution < 1.29 is 9.66 Å². The molecule has 1 N–H and O–H groups in total. The number of ether oxygens (including phenoxy) is 1. The van der Waals surface area contributed by atoms with Crippen molar-refractivity contribution in [1.29, 1.82) is 0 Å². The van der Waals surface area contributed by atoms with Gasteiger partial charge in [0.1, 0.15) is 0 Å². The molecule has 5 heteroatoms. The van der Waals surface area contributed by atoms with Crippen LogP contribution in [0.5, 0.6) is 5.75 Å². The highest BCUT2D eigenvalue weighted by molar-refractivity contribution is 5.73. The Morgan fingerprint density at radius 1 is 1.26 bits per heavy atom. The van der Waals surface area contributed by atoms with Gasteiger partial charge in [-0.1, -0.05) is 36.4 Å². The maximum Gasteiger partial charge on any atom is 0.311 e. The van der Waals surface area contributed by atoms with Crippen LogP contribution in [0.25, 0.3) is 5.57 Å². The van der Waals surface area contributed by atoms with Gasteiger partial charge in [0.2, 0.25) is 0 Å². The van der Waals surface area contributed by atoms with Crippen LogP contribution in [0.4, 0.5) is 5.69 Å². The second-order valence-corrected chi connectivity index (χ2v) is 7.29. The predicted molar refractivity (Wildman–Crippen MR) is 108 cm³/mol. The Balaban J connectivity index is 1.86. The quantitative estimate of drug-likeness (QED) is 0.596. The molecule has 0 fully saturated rings. The number of rotatable bonds is 6. The SMILES string of the molecule is Cc1cc([N+](=O)[O-])c(OC(C)C)cc1C1=CCNC(Cc2ccccc2)C1. The minimum absolute atomic E-state index is 0.0281. The average molecular weight is 366 g/mol. The Morgan fingerprint density at radius 3 is 2.67 bits per heavy atom. The van der Waals surface area contributed by atoms with Crippen molar-refractivity contribution in [3.8, 4) is 5.75 Å². The average Bonchev–Trinajstić information content (AvgIpc) is 2.63. The highest BCUT2D eigenvalue weighted by Gasteiger charge is 2.23. The third kappa shape index (κ3) is 4.74. The maximum absolute atomic E-state index is 11.4. The molecule has 0 saturated carbocycles. The number of nitrogens with zero attached hydrogens (tertiary/aromatic N) is 1. The van der Waals surface area contributed by atoms with Gasteiger partial charge in [0, 0.05) is 18.7 Å². The highest BCUT2D eigenvalue weighted by atomic mass is 16.6. The molecule has 1 aliphatic heterocycles. The number of nitrogens with one attached hydrogen (secondary N) is 1. The van der Waals surface area contributed by atoms with E-state index in [9.17, 15) is 10.1 Å². The van der Waals surface area contributed by atoms with Crippen LogP contribution in [0.2, 0.25) is 0 Å². The molecule has 1 atom stereocenters. The fourth-order valence-corrected chi connectivity index (χ4v) is 3.54. The first-order chi connectivity index (χ1) is 12.9. The van der Waals surface area contributed by atoms with Crippen LogP contribution < -0.4 is 10.1 Å². The minimum Gasteiger partial charge on any atom is -0.484 e. The van der Waals surface area contributed by atoms with Crippen LogP contribution in [-0.4, -0.2) is 23.6 Å². The summed E-state index contributed by atoms with van der Waals surface area (Å²) in [6.45, 7) is 6.48. The molecule has 142 valence electrons. The Kier molecular flexibility index (Phi) is 5.91. The number of aryl methyl sites for hydroxylation is 1. The predicted octanol–water partition coefficient (Wildman–Crippen LogP) is 4.68. The fraction of sp³-hybridized carbons (Fsp3) is 0.364. The van der Waals surface area contributed by atoms with Crippen molar-refractivity contribution in [2.45, 2.75) is 45.8 Å². The van der Waals surface area contributed by atoms with Crippen molar-refractivity contribution in [3.05, 3.63) is 75.3 Å². The zero-order valence-corrected chi connectivity index (χ0v) is 16.1. The van der Waals surface area contributed by atoms with Crippen molar-refractivity contribution in [2.24, 2.45) is 0 Å². The molecular formula is C22H26N2O3. The molecule has 0 spiro atoms. The fourth-order valence-electron chi connectivity index (χ4n) is 3.54. The van der Waals surface area contributed by atoms with E-state index in [1.54, 1.807) is 6.07 Å². The molecule has 0 amide bonds. The first-order valence-corrected chi connectivity index (χ1v) is 9.36. The maximum atomic E-state index is 11.4. The Labute approximate surface area is 160 Å². The van der Waals surface area contributed by atoms with E-state index in [1.165, 1.54) is 11.1 Å². The summed E-state index contributed by atoms with van der Waals surface area (Å²) in [5.74, 6) is 0.342. The number of hydrogen-bond acceptors (Lipinski definition) is 4. The summed E-state index contributed by atoms with van der Waals surface area (Å²) >= 11 is 0. The Hall–Kier alpha value is -2.66. The summed E-state index contributed by atoms with van der Waals surface area (Å²) in [7, 11) is 0. The third-order valence-corrected chi connectivity index (χ3v) is 4.76. The molecule has 3 rings (SSSR count). The molecular weight excluding hydrogens is 340 g/mol. The summed E-state index contributed by atoms with van der Waals surface area (Å²) < 4.78 is 5.73. The Morgan fingerprint density at radius 2 is 2.00 bits per heavy atom. The van der Waals surface area contributed by atoms with Crippen molar-refractivity contribution in [1.82, 2.24) is 5.32 Å². The molecule has 0 bridgehead atoms. The van der Waals surface area contributed by atoms with E-state index in [0.717, 1.165) is 30.5 Å². The van der Waals surface area contributed by atoms with E-state index in [2.05, 4.69) is 35.7 Å². The summed E-state index contributed by atoms with van der Waals surface area (Å²) in [5.41, 5.74) is 4.50. The number of nitro groups is 1. The smallest absolute Gasteiger partial charge is 0.311 e. The van der Waals surface area contributed by atoms with E-state index in [4.69, 9.17) is 4.74 Å². The molecule has 5 nitrogen and oxygen atoms in total. The first kappa shape index (κ1) is 19.1. The molecule has 1 unspecified atom stereocenters. The summed E-state index contributed by atoms with van der Waals surface area (Å²) in [5, 5.41) is 14.9. The lowest BCUT2D eigenvalue weighted by Crippen LogP contribution is -2.34. The van der Waals surface area contributed by atoms with Crippen molar-refractivity contribution >= 4 is 11.3 Å². The molecule has 0 saturated heterocycles. The third-order valence-electron chi connectivity index (χ3n) is 4.76. The van der Waals surface area contributed by atoms with Gasteiger partial charge in [-0.05, 0) is 61.9 Å². The van der Waals surface area contributed by atoms with Crippen LogP contribution in [-0.2, 0) is 6.42 Å². The second kappa shape index (κ2) is 8.35. The molecule has 1 heterocycles. The summed E-state index contributed by atoms with van der Waals surface area (Å²) in [6, 6.07) is 14.2. The van der Waals surface area contributed by atoms with Crippen molar-refractivity contribution in [2.75, 3.05) is 6.54 Å². The molecule has 0 aliphatic carbocycles. The van der Waals surface area contributed by atoms with E-state index in [1.807, 2.05) is 32.9 Å². The van der Waals surface area contributed by atoms with Crippen LogP contribution in [0.3, 0.4) is 0 Å². The van der Waals surface area contributed by atoms with E-state index >= 15 is 0 Å². The van der Waals surface area contributed by atoms with Crippen LogP contribution in [0.1, 0.15) is 37.0 Å². The molecule has 0 radical (unpaired) electrons. The van der Waals surface area contributed by atoms with Gasteiger partial charge >= 0.3 is 5.69 Å². The largest absolute Gasteiger partial charge is 0.484 e. The monoisotopic (exact) mass is 366 g/mol. The number of nitro benzene ring substituents is 1. The van der Waals surface area contributed by atoms with Crippen LogP contribution in [0, 0.1) is 17.0 Å². The zero-order valence-electron chi connectivity index (χ0n) is 16.1. The van der Waals surface area contributed by atoms with Gasteiger partial charge in [-0.15, -0.1) is 0 Å². The molecule has 1 aliphatic rings. The number of hydrogen-bond donors (Lipinski definition) is 1. The molecule has 2 aromatic rings. The standard InChI is InChI=1S/C22H26N2O3/c1-15(2)27-22-14-20(16(3)11-21(22)24(25)26)18-9-10-23-19(13-18)12-17-7-5-4-6-8-17/h4-9,11,14-15,19,23H,10,12-13H2,1-3H3. The van der Waals surface area contributed by atoms with Gasteiger partial charge in [0.25, 0.3) is 0 Å². The molecule has 27 heavy (non-hydrogen) atoms. The number of benzene rings is 2. The first-order valence-electron chi connectivity index (χ1n) is 9.36. The van der Waals surface area contributed by atoms with E-state index < -0.39 is 0 Å². The van der Waals surface area contributed by atoms with Crippen LogP contribution in [0.15, 0.2) is 48.5 Å². The van der Waals surface area contributed by atoms with E-state index in [0.29, 0.717) is 11.8 Å². The topological polar surface area (TPSA) is 64.4 Å². The van der Waals surface area contributed by atoms with Gasteiger partial charge in [0.15, 0.2) is 5.75 Å². The summed E-state index contributed by atoms with van der Waals surface area (Å²) in [4.78, 5) is 11.0. The summed E-state index contributed by atoms with van der Waals surface area (Å²) in [6.07, 6.45) is 3.90. The minimum atomic E-state index is -0.372. The van der Waals surface area contributed by atoms with Gasteiger partial charge in [-0.3, -0.25) is 10.1 Å². The molecule has 2 aromatic carbocycles. The Bertz CT molecular complexity index is 844. The second-order valence-electron chi connectivity index (χ2n) is 7.29. The molecule has 0 aromatic heterocycles. The van der Waals surface area contributed by atoms with Gasteiger partial charge < -0.3 is 10.1 Å². The lowest BCUT2D eigenvalue weighted by atomic mass is 9.89. The normalized spacial score (nSPS) is 16.9. The highest BCUT2D eigenvalue weighted by Crippen LogP contribution is 2.36. The zero-order chi connectivity index (χ0) is 19.4. The van der Waals surface area contributed by atoms with E-state index in [-0.39, 0.29) is 16.7 Å². The van der Waals surface area contributed by atoms with Gasteiger partial charge in [0.05, 0.1) is 11.0 Å². The van der Waals surface area contributed by atoms with Crippen LogP contribution >= 0.6 is 0 Å². The lowest BCUT2D eigenvalue weighted by Gasteiger charge is -2.26. The van der Waals surface area contributed by atoms with Gasteiger partial charge in [-0.25, -0.2) is 0 Å². The van der Waals surface area contributed by atoms with Gasteiger partial charge in [-0.2, -0.15) is 0 Å². The van der Waals surface area contributed by atoms with Crippen molar-refractivity contribution in [3.63, 3.8) is 0 Å².